The van der Waals surface area contributed by atoms with Gasteiger partial charge in [0.1, 0.15) is 5.15 Å². The molecule has 1 fully saturated rings. The lowest BCUT2D eigenvalue weighted by Gasteiger charge is -2.34. The molecule has 1 aliphatic heterocycles. The van der Waals surface area contributed by atoms with Crippen molar-refractivity contribution in [3.8, 4) is 0 Å². The Morgan fingerprint density at radius 1 is 1.04 bits per heavy atom. The zero-order valence-corrected chi connectivity index (χ0v) is 13.7. The molecular weight excluding hydrogens is 310 g/mol. The lowest BCUT2D eigenvalue weighted by Crippen LogP contribution is -2.49. The van der Waals surface area contributed by atoms with E-state index in [1.165, 1.54) is 5.56 Å². The highest BCUT2D eigenvalue weighted by atomic mass is 35.5. The first kappa shape index (κ1) is 16.0. The topological polar surface area (TPSA) is 36.4 Å². The Bertz CT molecular complexity index is 637. The summed E-state index contributed by atoms with van der Waals surface area (Å²) in [6, 6.07) is 13.9. The molecule has 3 rings (SSSR count). The summed E-state index contributed by atoms with van der Waals surface area (Å²) in [6.07, 6.45) is 2.60. The normalized spacial score (nSPS) is 15.6. The summed E-state index contributed by atoms with van der Waals surface area (Å²) >= 11 is 5.76. The zero-order valence-electron chi connectivity index (χ0n) is 13.0. The Balaban J connectivity index is 1.48. The highest BCUT2D eigenvalue weighted by Gasteiger charge is 2.22. The van der Waals surface area contributed by atoms with Crippen LogP contribution < -0.4 is 0 Å². The standard InChI is InChI=1S/C18H20ClN3O/c19-17-7-6-16(14-20-17)18(23)22-12-10-21(11-13-22)9-8-15-4-2-1-3-5-15/h1-7,14H,8-13H2. The van der Waals surface area contributed by atoms with Crippen molar-refractivity contribution in [2.75, 3.05) is 32.7 Å². The quantitative estimate of drug-likeness (QED) is 0.809. The van der Waals surface area contributed by atoms with Gasteiger partial charge in [-0.3, -0.25) is 9.69 Å². The van der Waals surface area contributed by atoms with Gasteiger partial charge in [-0.15, -0.1) is 0 Å². The molecule has 1 aromatic heterocycles. The third-order valence-corrected chi connectivity index (χ3v) is 4.42. The number of nitrogens with zero attached hydrogens (tertiary/aromatic N) is 3. The Hall–Kier alpha value is -1.91. The van der Waals surface area contributed by atoms with Crippen molar-refractivity contribution in [2.45, 2.75) is 6.42 Å². The summed E-state index contributed by atoms with van der Waals surface area (Å²) in [5.74, 6) is 0.0388. The van der Waals surface area contributed by atoms with Crippen molar-refractivity contribution in [3.05, 3.63) is 64.9 Å². The second-order valence-electron chi connectivity index (χ2n) is 5.74. The van der Waals surface area contributed by atoms with Crippen LogP contribution in [0, 0.1) is 0 Å². The van der Waals surface area contributed by atoms with Crippen LogP contribution in [0.25, 0.3) is 0 Å². The minimum Gasteiger partial charge on any atom is -0.336 e. The summed E-state index contributed by atoms with van der Waals surface area (Å²) in [5.41, 5.74) is 1.96. The van der Waals surface area contributed by atoms with Crippen LogP contribution >= 0.6 is 11.6 Å². The number of piperazine rings is 1. The number of hydrogen-bond donors (Lipinski definition) is 0. The van der Waals surface area contributed by atoms with Gasteiger partial charge in [0.2, 0.25) is 0 Å². The first-order chi connectivity index (χ1) is 11.2. The van der Waals surface area contributed by atoms with Gasteiger partial charge in [0.15, 0.2) is 0 Å². The number of aromatic nitrogens is 1. The first-order valence-corrected chi connectivity index (χ1v) is 8.27. The molecule has 1 aromatic carbocycles. The van der Waals surface area contributed by atoms with Crippen molar-refractivity contribution < 1.29 is 4.79 Å². The van der Waals surface area contributed by atoms with E-state index in [4.69, 9.17) is 11.6 Å². The minimum atomic E-state index is 0.0388. The maximum absolute atomic E-state index is 12.4. The van der Waals surface area contributed by atoms with Crippen LogP contribution in [-0.4, -0.2) is 53.4 Å². The molecule has 120 valence electrons. The predicted octanol–water partition coefficient (Wildman–Crippen LogP) is 2.74. The van der Waals surface area contributed by atoms with E-state index in [-0.39, 0.29) is 5.91 Å². The van der Waals surface area contributed by atoms with Crippen LogP contribution in [0.4, 0.5) is 0 Å². The van der Waals surface area contributed by atoms with Gasteiger partial charge in [-0.1, -0.05) is 41.9 Å². The smallest absolute Gasteiger partial charge is 0.255 e. The van der Waals surface area contributed by atoms with E-state index in [2.05, 4.69) is 34.1 Å². The number of carbonyl (C=O) groups excluding carboxylic acids is 1. The van der Waals surface area contributed by atoms with Gasteiger partial charge in [0.25, 0.3) is 5.91 Å². The molecule has 0 aliphatic carbocycles. The maximum Gasteiger partial charge on any atom is 0.255 e. The van der Waals surface area contributed by atoms with Gasteiger partial charge in [0, 0.05) is 38.9 Å². The number of amides is 1. The van der Waals surface area contributed by atoms with Crippen LogP contribution in [-0.2, 0) is 6.42 Å². The first-order valence-electron chi connectivity index (χ1n) is 7.89. The zero-order chi connectivity index (χ0) is 16.1. The molecule has 0 saturated carbocycles. The molecule has 0 bridgehead atoms. The predicted molar refractivity (Wildman–Crippen MR) is 91.7 cm³/mol. The van der Waals surface area contributed by atoms with Crippen molar-refractivity contribution in [2.24, 2.45) is 0 Å². The Kier molecular flexibility index (Phi) is 5.26. The molecule has 0 unspecified atom stereocenters. The van der Waals surface area contributed by atoms with Gasteiger partial charge < -0.3 is 4.90 Å². The van der Waals surface area contributed by atoms with Gasteiger partial charge in [-0.2, -0.15) is 0 Å². The van der Waals surface area contributed by atoms with Crippen molar-refractivity contribution >= 4 is 17.5 Å². The molecule has 0 radical (unpaired) electrons. The largest absolute Gasteiger partial charge is 0.336 e. The molecule has 4 nitrogen and oxygen atoms in total. The molecule has 1 amide bonds. The van der Waals surface area contributed by atoms with E-state index in [1.807, 2.05) is 11.0 Å². The molecule has 5 heteroatoms. The lowest BCUT2D eigenvalue weighted by atomic mass is 10.1. The van der Waals surface area contributed by atoms with E-state index >= 15 is 0 Å². The highest BCUT2D eigenvalue weighted by molar-refractivity contribution is 6.29. The number of carbonyl (C=O) groups is 1. The monoisotopic (exact) mass is 329 g/mol. The maximum atomic E-state index is 12.4. The van der Waals surface area contributed by atoms with Crippen LogP contribution in [0.15, 0.2) is 48.7 Å². The highest BCUT2D eigenvalue weighted by Crippen LogP contribution is 2.11. The molecule has 2 heterocycles. The Labute approximate surface area is 141 Å². The third-order valence-electron chi connectivity index (χ3n) is 4.19. The molecule has 1 aliphatic rings. The van der Waals surface area contributed by atoms with Crippen LogP contribution in [0.2, 0.25) is 5.15 Å². The van der Waals surface area contributed by atoms with E-state index in [9.17, 15) is 4.79 Å². The average Bonchev–Trinajstić information content (AvgIpc) is 2.61. The molecule has 2 aromatic rings. The number of pyridine rings is 1. The molecule has 0 N–H and O–H groups in total. The molecule has 1 saturated heterocycles. The number of rotatable bonds is 4. The minimum absolute atomic E-state index is 0.0388. The van der Waals surface area contributed by atoms with Gasteiger partial charge in [-0.05, 0) is 24.1 Å². The summed E-state index contributed by atoms with van der Waals surface area (Å²) in [5, 5.41) is 0.410. The molecular formula is C18H20ClN3O. The van der Waals surface area contributed by atoms with Gasteiger partial charge >= 0.3 is 0 Å². The van der Waals surface area contributed by atoms with Crippen LogP contribution in [0.3, 0.4) is 0 Å². The van der Waals surface area contributed by atoms with Gasteiger partial charge in [0.05, 0.1) is 5.56 Å². The second-order valence-corrected chi connectivity index (χ2v) is 6.13. The molecule has 23 heavy (non-hydrogen) atoms. The van der Waals surface area contributed by atoms with E-state index in [0.717, 1.165) is 39.1 Å². The second kappa shape index (κ2) is 7.57. The number of hydrogen-bond acceptors (Lipinski definition) is 3. The van der Waals surface area contributed by atoms with Crippen molar-refractivity contribution in [1.29, 1.82) is 0 Å². The summed E-state index contributed by atoms with van der Waals surface area (Å²) in [7, 11) is 0. The fraction of sp³-hybridized carbons (Fsp3) is 0.333. The number of benzene rings is 1. The summed E-state index contributed by atoms with van der Waals surface area (Å²) in [6.45, 7) is 4.39. The Morgan fingerprint density at radius 2 is 1.78 bits per heavy atom. The lowest BCUT2D eigenvalue weighted by molar-refractivity contribution is 0.0638. The fourth-order valence-electron chi connectivity index (χ4n) is 2.79. The van der Waals surface area contributed by atoms with Crippen LogP contribution in [0.1, 0.15) is 15.9 Å². The SMILES string of the molecule is O=C(c1ccc(Cl)nc1)N1CCN(CCc2ccccc2)CC1. The van der Waals surface area contributed by atoms with E-state index < -0.39 is 0 Å². The molecule has 0 atom stereocenters. The third kappa shape index (κ3) is 4.30. The summed E-state index contributed by atoms with van der Waals surface area (Å²) < 4.78 is 0. The Morgan fingerprint density at radius 3 is 2.43 bits per heavy atom. The number of halogens is 1. The summed E-state index contributed by atoms with van der Waals surface area (Å²) in [4.78, 5) is 20.7. The van der Waals surface area contributed by atoms with Crippen molar-refractivity contribution in [3.63, 3.8) is 0 Å². The fourth-order valence-corrected chi connectivity index (χ4v) is 2.90. The molecule has 0 spiro atoms. The van der Waals surface area contributed by atoms with Gasteiger partial charge in [-0.25, -0.2) is 4.98 Å². The average molecular weight is 330 g/mol. The van der Waals surface area contributed by atoms with Crippen molar-refractivity contribution in [1.82, 2.24) is 14.8 Å². The van der Waals surface area contributed by atoms with E-state index in [0.29, 0.717) is 10.7 Å². The van der Waals surface area contributed by atoms with E-state index in [1.54, 1.807) is 18.3 Å². The van der Waals surface area contributed by atoms with Crippen LogP contribution in [0.5, 0.6) is 0 Å².